The third-order valence-electron chi connectivity index (χ3n) is 4.16. The Balaban J connectivity index is 2.08. The van der Waals surface area contributed by atoms with E-state index in [1.54, 1.807) is 0 Å². The van der Waals surface area contributed by atoms with Crippen LogP contribution in [-0.4, -0.2) is 11.3 Å². The summed E-state index contributed by atoms with van der Waals surface area (Å²) in [4.78, 5) is 0. The first kappa shape index (κ1) is 14.9. The number of benzene rings is 1. The van der Waals surface area contributed by atoms with Gasteiger partial charge in [0.1, 0.15) is 0 Å². The molecule has 2 unspecified atom stereocenters. The predicted octanol–water partition coefficient (Wildman–Crippen LogP) is 4.84. The van der Waals surface area contributed by atoms with Gasteiger partial charge in [0.2, 0.25) is 0 Å². The zero-order valence-electron chi connectivity index (χ0n) is 12.3. The zero-order chi connectivity index (χ0) is 13.7. The van der Waals surface area contributed by atoms with E-state index in [1.807, 2.05) is 0 Å². The molecule has 2 rings (SSSR count). The predicted molar refractivity (Wildman–Crippen MR) is 86.7 cm³/mol. The molecule has 0 amide bonds. The number of hydrogen-bond acceptors (Lipinski definition) is 2. The van der Waals surface area contributed by atoms with E-state index in [0.29, 0.717) is 5.25 Å². The maximum Gasteiger partial charge on any atom is 0.0451 e. The van der Waals surface area contributed by atoms with E-state index in [9.17, 15) is 0 Å². The molecule has 1 aromatic rings. The first-order chi connectivity index (χ1) is 9.20. The molecule has 0 aliphatic heterocycles. The van der Waals surface area contributed by atoms with Crippen molar-refractivity contribution in [2.24, 2.45) is 5.73 Å². The second-order valence-electron chi connectivity index (χ2n) is 5.80. The van der Waals surface area contributed by atoms with Crippen molar-refractivity contribution in [2.45, 2.75) is 68.9 Å². The van der Waals surface area contributed by atoms with Gasteiger partial charge in [-0.3, -0.25) is 0 Å². The summed E-state index contributed by atoms with van der Waals surface area (Å²) in [6, 6.07) is 9.24. The van der Waals surface area contributed by atoms with Gasteiger partial charge in [-0.1, -0.05) is 56.0 Å². The molecule has 0 saturated heterocycles. The maximum absolute atomic E-state index is 6.38. The molecule has 1 aliphatic carbocycles. The van der Waals surface area contributed by atoms with E-state index < -0.39 is 0 Å². The molecule has 0 heterocycles. The van der Waals surface area contributed by atoms with Crippen LogP contribution in [0.1, 0.15) is 61.8 Å². The van der Waals surface area contributed by atoms with Crippen LogP contribution in [0.25, 0.3) is 0 Å². The average molecular weight is 277 g/mol. The van der Waals surface area contributed by atoms with Crippen molar-refractivity contribution in [2.75, 3.05) is 0 Å². The van der Waals surface area contributed by atoms with Crippen LogP contribution < -0.4 is 5.73 Å². The number of rotatable bonds is 5. The Labute approximate surface area is 122 Å². The maximum atomic E-state index is 6.38. The molecule has 1 saturated carbocycles. The molecule has 1 aromatic carbocycles. The monoisotopic (exact) mass is 277 g/mol. The summed E-state index contributed by atoms with van der Waals surface area (Å²) in [5.41, 5.74) is 9.13. The molecule has 2 N–H and O–H groups in total. The van der Waals surface area contributed by atoms with Crippen molar-refractivity contribution < 1.29 is 0 Å². The first-order valence-corrected chi connectivity index (χ1v) is 8.62. The van der Waals surface area contributed by atoms with Crippen LogP contribution in [0, 0.1) is 6.92 Å². The van der Waals surface area contributed by atoms with E-state index in [2.05, 4.69) is 49.9 Å². The van der Waals surface area contributed by atoms with Crippen molar-refractivity contribution >= 4 is 11.8 Å². The topological polar surface area (TPSA) is 26.0 Å². The van der Waals surface area contributed by atoms with Crippen LogP contribution in [0.5, 0.6) is 0 Å². The number of aryl methyl sites for hydroxylation is 1. The van der Waals surface area contributed by atoms with Gasteiger partial charge >= 0.3 is 0 Å². The average Bonchev–Trinajstić information content (AvgIpc) is 2.46. The highest BCUT2D eigenvalue weighted by Gasteiger charge is 2.24. The van der Waals surface area contributed by atoms with Gasteiger partial charge < -0.3 is 5.73 Å². The lowest BCUT2D eigenvalue weighted by Gasteiger charge is -2.29. The number of nitrogens with two attached hydrogens (primary N) is 1. The standard InChI is InChI=1S/C17H27NS/c1-3-16(18)17(14-11-9-13(2)10-12-14)19-15-7-5-4-6-8-15/h9-12,15-17H,3-8,18H2,1-2H3. The summed E-state index contributed by atoms with van der Waals surface area (Å²) >= 11 is 2.13. The summed E-state index contributed by atoms with van der Waals surface area (Å²) in [5.74, 6) is 0. The van der Waals surface area contributed by atoms with Gasteiger partial charge in [0.05, 0.1) is 0 Å². The molecule has 0 spiro atoms. The van der Waals surface area contributed by atoms with Crippen LogP contribution >= 0.6 is 11.8 Å². The summed E-state index contributed by atoms with van der Waals surface area (Å²) < 4.78 is 0. The summed E-state index contributed by atoms with van der Waals surface area (Å²) in [7, 11) is 0. The van der Waals surface area contributed by atoms with Crippen molar-refractivity contribution in [1.82, 2.24) is 0 Å². The van der Waals surface area contributed by atoms with E-state index in [4.69, 9.17) is 5.73 Å². The Bertz CT molecular complexity index is 367. The lowest BCUT2D eigenvalue weighted by molar-refractivity contribution is 0.512. The molecule has 0 radical (unpaired) electrons. The van der Waals surface area contributed by atoms with Crippen LogP contribution in [0.4, 0.5) is 0 Å². The third kappa shape index (κ3) is 4.25. The Morgan fingerprint density at radius 1 is 1.16 bits per heavy atom. The number of thioether (sulfide) groups is 1. The molecule has 1 aliphatic rings. The van der Waals surface area contributed by atoms with E-state index in [-0.39, 0.29) is 6.04 Å². The minimum atomic E-state index is 0.273. The fourth-order valence-electron chi connectivity index (χ4n) is 2.81. The third-order valence-corrected chi connectivity index (χ3v) is 5.93. The molecule has 2 atom stereocenters. The van der Waals surface area contributed by atoms with Gasteiger partial charge in [-0.05, 0) is 31.7 Å². The molecular formula is C17H27NS. The van der Waals surface area contributed by atoms with E-state index >= 15 is 0 Å². The second kappa shape index (κ2) is 7.35. The lowest BCUT2D eigenvalue weighted by Crippen LogP contribution is -2.27. The summed E-state index contributed by atoms with van der Waals surface area (Å²) in [6.07, 6.45) is 8.04. The Kier molecular flexibility index (Phi) is 5.77. The number of hydrogen-bond donors (Lipinski definition) is 1. The smallest absolute Gasteiger partial charge is 0.0451 e. The fraction of sp³-hybridized carbons (Fsp3) is 0.647. The molecule has 1 nitrogen and oxygen atoms in total. The minimum absolute atomic E-state index is 0.273. The summed E-state index contributed by atoms with van der Waals surface area (Å²) in [6.45, 7) is 4.35. The van der Waals surface area contributed by atoms with Crippen molar-refractivity contribution in [1.29, 1.82) is 0 Å². The molecule has 19 heavy (non-hydrogen) atoms. The Morgan fingerprint density at radius 3 is 2.37 bits per heavy atom. The normalized spacial score (nSPS) is 20.2. The van der Waals surface area contributed by atoms with Crippen LogP contribution in [0.3, 0.4) is 0 Å². The van der Waals surface area contributed by atoms with Gasteiger partial charge in [0.15, 0.2) is 0 Å². The zero-order valence-corrected chi connectivity index (χ0v) is 13.1. The SMILES string of the molecule is CCC(N)C(SC1CCCCC1)c1ccc(C)cc1. The van der Waals surface area contributed by atoms with Gasteiger partial charge in [0, 0.05) is 16.5 Å². The van der Waals surface area contributed by atoms with Gasteiger partial charge in [-0.25, -0.2) is 0 Å². The van der Waals surface area contributed by atoms with Crippen LogP contribution in [0.15, 0.2) is 24.3 Å². The van der Waals surface area contributed by atoms with E-state index in [1.165, 1.54) is 43.2 Å². The second-order valence-corrected chi connectivity index (χ2v) is 7.25. The van der Waals surface area contributed by atoms with Crippen molar-refractivity contribution in [3.05, 3.63) is 35.4 Å². The molecule has 2 heteroatoms. The fourth-order valence-corrected chi connectivity index (χ4v) is 4.53. The highest BCUT2D eigenvalue weighted by Crippen LogP contribution is 2.40. The molecule has 0 bridgehead atoms. The Hall–Kier alpha value is -0.470. The van der Waals surface area contributed by atoms with Crippen LogP contribution in [-0.2, 0) is 0 Å². The van der Waals surface area contributed by atoms with Gasteiger partial charge in [-0.2, -0.15) is 0 Å². The largest absolute Gasteiger partial charge is 0.326 e. The van der Waals surface area contributed by atoms with Gasteiger partial charge in [-0.15, -0.1) is 11.8 Å². The van der Waals surface area contributed by atoms with Crippen LogP contribution in [0.2, 0.25) is 0 Å². The minimum Gasteiger partial charge on any atom is -0.326 e. The summed E-state index contributed by atoms with van der Waals surface area (Å²) in [5, 5.41) is 1.28. The van der Waals surface area contributed by atoms with Crippen molar-refractivity contribution in [3.63, 3.8) is 0 Å². The molecular weight excluding hydrogens is 250 g/mol. The van der Waals surface area contributed by atoms with Crippen molar-refractivity contribution in [3.8, 4) is 0 Å². The van der Waals surface area contributed by atoms with E-state index in [0.717, 1.165) is 11.7 Å². The highest BCUT2D eigenvalue weighted by molar-refractivity contribution is 8.00. The first-order valence-electron chi connectivity index (χ1n) is 7.68. The quantitative estimate of drug-likeness (QED) is 0.833. The van der Waals surface area contributed by atoms with Gasteiger partial charge in [0.25, 0.3) is 0 Å². The lowest BCUT2D eigenvalue weighted by atomic mass is 10.0. The molecule has 1 fully saturated rings. The highest BCUT2D eigenvalue weighted by atomic mass is 32.2. The Morgan fingerprint density at radius 2 is 1.79 bits per heavy atom. The molecule has 106 valence electrons. The molecule has 0 aromatic heterocycles.